The summed E-state index contributed by atoms with van der Waals surface area (Å²) in [7, 11) is 0. The number of halogens is 1. The third-order valence-electron chi connectivity index (χ3n) is 6.17. The van der Waals surface area contributed by atoms with Crippen molar-refractivity contribution in [2.45, 2.75) is 33.2 Å². The van der Waals surface area contributed by atoms with E-state index in [1.165, 1.54) is 28.8 Å². The van der Waals surface area contributed by atoms with Crippen LogP contribution in [0.3, 0.4) is 0 Å². The molecule has 0 atom stereocenters. The van der Waals surface area contributed by atoms with E-state index in [4.69, 9.17) is 0 Å². The van der Waals surface area contributed by atoms with Crippen LogP contribution in [0.5, 0.6) is 0 Å². The molecule has 0 bridgehead atoms. The lowest BCUT2D eigenvalue weighted by atomic mass is 9.95. The Balaban J connectivity index is 1.58. The highest BCUT2D eigenvalue weighted by Gasteiger charge is 2.29. The first-order chi connectivity index (χ1) is 15.9. The van der Waals surface area contributed by atoms with E-state index in [9.17, 15) is 18.8 Å². The molecule has 0 radical (unpaired) electrons. The highest BCUT2D eigenvalue weighted by Crippen LogP contribution is 2.25. The summed E-state index contributed by atoms with van der Waals surface area (Å²) in [6, 6.07) is 15.0. The lowest BCUT2D eigenvalue weighted by molar-refractivity contribution is -0.120. The second kappa shape index (κ2) is 9.44. The molecule has 7 nitrogen and oxygen atoms in total. The summed E-state index contributed by atoms with van der Waals surface area (Å²) in [6.45, 7) is 4.89. The maximum Gasteiger partial charge on any atom is 0.335 e. The van der Waals surface area contributed by atoms with E-state index < -0.39 is 0 Å². The summed E-state index contributed by atoms with van der Waals surface area (Å²) >= 11 is 0. The van der Waals surface area contributed by atoms with Crippen molar-refractivity contribution in [2.24, 2.45) is 5.92 Å². The minimum atomic E-state index is -0.358. The molecule has 1 saturated heterocycles. The lowest BCUT2D eigenvalue weighted by Crippen LogP contribution is -2.46. The van der Waals surface area contributed by atoms with Gasteiger partial charge in [-0.1, -0.05) is 18.2 Å². The van der Waals surface area contributed by atoms with Crippen LogP contribution in [-0.2, 0) is 11.3 Å². The third kappa shape index (κ3) is 4.46. The van der Waals surface area contributed by atoms with Gasteiger partial charge in [-0.2, -0.15) is 0 Å². The van der Waals surface area contributed by atoms with Crippen LogP contribution in [0.15, 0.2) is 64.2 Å². The van der Waals surface area contributed by atoms with Crippen LogP contribution in [-0.4, -0.2) is 28.1 Å². The molecule has 172 valence electrons. The highest BCUT2D eigenvalue weighted by atomic mass is 19.1. The molecule has 3 aromatic rings. The first-order valence-corrected chi connectivity index (χ1v) is 11.1. The summed E-state index contributed by atoms with van der Waals surface area (Å²) in [5, 5.41) is 2.84. The molecule has 2 aromatic carbocycles. The van der Waals surface area contributed by atoms with Crippen LogP contribution >= 0.6 is 0 Å². The van der Waals surface area contributed by atoms with E-state index in [2.05, 4.69) is 5.32 Å². The standard InChI is InChI=1S/C25H27FN4O3/c1-3-29-24(32)22(17(2)30(25(29)33)21-7-5-4-6-8-21)28-15-13-18(14-16-28)23(31)27-20-11-9-19(26)10-12-20/h4-12,18H,3,13-16H2,1-2H3,(H,27,31). The Morgan fingerprint density at radius 2 is 1.67 bits per heavy atom. The predicted molar refractivity (Wildman–Crippen MR) is 127 cm³/mol. The van der Waals surface area contributed by atoms with Gasteiger partial charge in [-0.25, -0.2) is 9.18 Å². The summed E-state index contributed by atoms with van der Waals surface area (Å²) < 4.78 is 15.9. The van der Waals surface area contributed by atoms with Crippen molar-refractivity contribution in [3.8, 4) is 5.69 Å². The topological polar surface area (TPSA) is 76.3 Å². The third-order valence-corrected chi connectivity index (χ3v) is 6.17. The van der Waals surface area contributed by atoms with E-state index in [1.54, 1.807) is 18.4 Å². The zero-order valence-corrected chi connectivity index (χ0v) is 18.8. The van der Waals surface area contributed by atoms with Crippen LogP contribution in [0.25, 0.3) is 5.69 Å². The van der Waals surface area contributed by atoms with E-state index in [0.717, 1.165) is 0 Å². The smallest absolute Gasteiger partial charge is 0.335 e. The van der Waals surface area contributed by atoms with Crippen LogP contribution in [0, 0.1) is 18.7 Å². The fraction of sp³-hybridized carbons (Fsp3) is 0.320. The molecule has 8 heteroatoms. The molecule has 0 saturated carbocycles. The van der Waals surface area contributed by atoms with E-state index >= 15 is 0 Å². The Hall–Kier alpha value is -3.68. The van der Waals surface area contributed by atoms with Gasteiger partial charge in [0.05, 0.1) is 11.4 Å². The molecule has 1 fully saturated rings. The van der Waals surface area contributed by atoms with Gasteiger partial charge < -0.3 is 10.2 Å². The number of hydrogen-bond donors (Lipinski definition) is 1. The van der Waals surface area contributed by atoms with Crippen molar-refractivity contribution in [3.05, 3.63) is 86.9 Å². The second-order valence-corrected chi connectivity index (χ2v) is 8.19. The van der Waals surface area contributed by atoms with Crippen molar-refractivity contribution in [1.29, 1.82) is 0 Å². The Morgan fingerprint density at radius 1 is 1.03 bits per heavy atom. The summed E-state index contributed by atoms with van der Waals surface area (Å²) in [4.78, 5) is 40.9. The molecule has 1 aliphatic heterocycles. The SMILES string of the molecule is CCn1c(=O)c(N2CCC(C(=O)Nc3ccc(F)cc3)CC2)c(C)n(-c2ccccc2)c1=O. The summed E-state index contributed by atoms with van der Waals surface area (Å²) in [5.74, 6) is -0.676. The number of aromatic nitrogens is 2. The van der Waals surface area contributed by atoms with Gasteiger partial charge in [0.1, 0.15) is 11.5 Å². The van der Waals surface area contributed by atoms with E-state index in [1.807, 2.05) is 35.2 Å². The highest BCUT2D eigenvalue weighted by molar-refractivity contribution is 5.92. The molecule has 0 aliphatic carbocycles. The molecule has 1 aliphatic rings. The predicted octanol–water partition coefficient (Wildman–Crippen LogP) is 3.32. The van der Waals surface area contributed by atoms with Crippen LogP contribution in [0.2, 0.25) is 0 Å². The van der Waals surface area contributed by atoms with Crippen molar-refractivity contribution < 1.29 is 9.18 Å². The number of benzene rings is 2. The molecule has 2 heterocycles. The first-order valence-electron chi connectivity index (χ1n) is 11.1. The molecular weight excluding hydrogens is 423 g/mol. The number of anilines is 2. The average molecular weight is 451 g/mol. The van der Waals surface area contributed by atoms with Crippen LogP contribution < -0.4 is 21.5 Å². The van der Waals surface area contributed by atoms with Gasteiger partial charge in [0, 0.05) is 31.2 Å². The number of carbonyl (C=O) groups excluding carboxylic acids is 1. The van der Waals surface area contributed by atoms with Crippen molar-refractivity contribution >= 4 is 17.3 Å². The average Bonchev–Trinajstić information content (AvgIpc) is 2.82. The largest absolute Gasteiger partial charge is 0.366 e. The van der Waals surface area contributed by atoms with Crippen molar-refractivity contribution in [2.75, 3.05) is 23.3 Å². The molecule has 4 rings (SSSR count). The second-order valence-electron chi connectivity index (χ2n) is 8.19. The molecular formula is C25H27FN4O3. The Kier molecular flexibility index (Phi) is 6.44. The van der Waals surface area contributed by atoms with Gasteiger partial charge in [-0.15, -0.1) is 0 Å². The zero-order valence-electron chi connectivity index (χ0n) is 18.8. The number of hydrogen-bond acceptors (Lipinski definition) is 4. The van der Waals surface area contributed by atoms with Gasteiger partial charge in [-0.3, -0.25) is 18.7 Å². The number of nitrogens with one attached hydrogen (secondary N) is 1. The summed E-state index contributed by atoms with van der Waals surface area (Å²) in [5.41, 5.74) is 1.69. The fourth-order valence-electron chi connectivity index (χ4n) is 4.41. The number of rotatable bonds is 5. The minimum absolute atomic E-state index is 0.113. The van der Waals surface area contributed by atoms with Gasteiger partial charge >= 0.3 is 5.69 Å². The van der Waals surface area contributed by atoms with Gasteiger partial charge in [0.15, 0.2) is 0 Å². The molecule has 0 spiro atoms. The van der Waals surface area contributed by atoms with Gasteiger partial charge in [0.25, 0.3) is 5.56 Å². The van der Waals surface area contributed by atoms with Gasteiger partial charge in [-0.05, 0) is 63.1 Å². The maximum absolute atomic E-state index is 13.2. The maximum atomic E-state index is 13.2. The van der Waals surface area contributed by atoms with Crippen molar-refractivity contribution in [1.82, 2.24) is 9.13 Å². The Labute approximate surface area is 191 Å². The minimum Gasteiger partial charge on any atom is -0.366 e. The van der Waals surface area contributed by atoms with Crippen LogP contribution in [0.4, 0.5) is 15.8 Å². The quantitative estimate of drug-likeness (QED) is 0.647. The molecule has 1 N–H and O–H groups in total. The van der Waals surface area contributed by atoms with Crippen LogP contribution in [0.1, 0.15) is 25.5 Å². The molecule has 1 amide bonds. The van der Waals surface area contributed by atoms with E-state index in [-0.39, 0.29) is 35.4 Å². The number of carbonyl (C=O) groups is 1. The molecule has 33 heavy (non-hydrogen) atoms. The number of amides is 1. The Morgan fingerprint density at radius 3 is 2.27 bits per heavy atom. The molecule has 0 unspecified atom stereocenters. The summed E-state index contributed by atoms with van der Waals surface area (Å²) in [6.07, 6.45) is 1.14. The number of piperidine rings is 1. The fourth-order valence-corrected chi connectivity index (χ4v) is 4.41. The monoisotopic (exact) mass is 450 g/mol. The first kappa shape index (κ1) is 22.5. The number of para-hydroxylation sites is 1. The number of nitrogens with zero attached hydrogens (tertiary/aromatic N) is 3. The Bertz CT molecular complexity index is 1260. The van der Waals surface area contributed by atoms with Gasteiger partial charge in [0.2, 0.25) is 5.91 Å². The van der Waals surface area contributed by atoms with E-state index in [0.29, 0.717) is 48.7 Å². The zero-order chi connectivity index (χ0) is 23.5. The normalized spacial score (nSPS) is 14.3. The molecule has 1 aromatic heterocycles. The van der Waals surface area contributed by atoms with Crippen molar-refractivity contribution in [3.63, 3.8) is 0 Å². The lowest BCUT2D eigenvalue weighted by Gasteiger charge is -2.34.